The molecule has 2 heterocycles. The molecule has 1 aliphatic heterocycles. The Balaban J connectivity index is 1.65. The Morgan fingerprint density at radius 1 is 0.927 bits per heavy atom. The van der Waals surface area contributed by atoms with Gasteiger partial charge in [0.05, 0.1) is 26.9 Å². The van der Waals surface area contributed by atoms with E-state index >= 15 is 0 Å². The summed E-state index contributed by atoms with van der Waals surface area (Å²) in [6.45, 7) is 8.40. The predicted molar refractivity (Wildman–Crippen MR) is 160 cm³/mol. The van der Waals surface area contributed by atoms with Gasteiger partial charge in [-0.25, -0.2) is 4.68 Å². The van der Waals surface area contributed by atoms with E-state index in [0.717, 1.165) is 11.1 Å². The lowest BCUT2D eigenvalue weighted by molar-refractivity contribution is -0.113. The average molecular weight is 554 g/mol. The van der Waals surface area contributed by atoms with Gasteiger partial charge in [-0.2, -0.15) is 4.98 Å². The van der Waals surface area contributed by atoms with Crippen LogP contribution in [0.2, 0.25) is 0 Å². The van der Waals surface area contributed by atoms with Crippen LogP contribution in [0.4, 0.5) is 11.6 Å². The molecule has 4 aromatic rings. The number of carbonyl (C=O) groups excluding carboxylic acids is 1. The number of anilines is 2. The predicted octanol–water partition coefficient (Wildman–Crippen LogP) is 6.20. The number of nitrogens with zero attached hydrogens (tertiary/aromatic N) is 3. The highest BCUT2D eigenvalue weighted by Gasteiger charge is 2.36. The van der Waals surface area contributed by atoms with E-state index in [1.54, 1.807) is 26.0 Å². The Hall–Kier alpha value is -4.79. The number of benzene rings is 3. The molecule has 0 bridgehead atoms. The summed E-state index contributed by atoms with van der Waals surface area (Å²) in [5, 5.41) is 11.2. The number of allylic oxidation sites excluding steroid dienone is 1. The SMILES string of the molecule is COc1cc(C2C(C(=O)Nc3ccccc3)=C(C)Nc3nc(-c4ccc(C(C)(C)C)cc4)nn32)cc(OC)c1OC. The van der Waals surface area contributed by atoms with Gasteiger partial charge in [0.2, 0.25) is 11.7 Å². The molecule has 0 saturated carbocycles. The Morgan fingerprint density at radius 2 is 1.56 bits per heavy atom. The zero-order valence-corrected chi connectivity index (χ0v) is 24.4. The molecule has 1 aromatic heterocycles. The maximum Gasteiger partial charge on any atom is 0.255 e. The first-order valence-corrected chi connectivity index (χ1v) is 13.4. The molecule has 0 fully saturated rings. The molecule has 0 spiro atoms. The van der Waals surface area contributed by atoms with Crippen LogP contribution in [0.5, 0.6) is 17.2 Å². The van der Waals surface area contributed by atoms with Crippen LogP contribution in [0, 0.1) is 0 Å². The molecule has 3 aromatic carbocycles. The zero-order valence-electron chi connectivity index (χ0n) is 24.4. The third kappa shape index (κ3) is 5.35. The fourth-order valence-electron chi connectivity index (χ4n) is 4.97. The molecule has 5 rings (SSSR count). The standard InChI is InChI=1S/C32H35N5O4/c1-19-26(30(38)34-23-11-9-8-10-12-23)27(21-17-24(39-5)28(41-7)25(18-21)40-6)37-31(33-19)35-29(36-37)20-13-15-22(16-14-20)32(2,3)4/h8-18,27H,1-7H3,(H,34,38)(H,33,35,36). The number of hydrogen-bond acceptors (Lipinski definition) is 7. The number of fused-ring (bicyclic) bond motifs is 1. The number of nitrogens with one attached hydrogen (secondary N) is 2. The summed E-state index contributed by atoms with van der Waals surface area (Å²) in [5.74, 6) is 2.20. The average Bonchev–Trinajstić information content (AvgIpc) is 3.39. The minimum Gasteiger partial charge on any atom is -0.493 e. The van der Waals surface area contributed by atoms with Crippen molar-refractivity contribution in [2.24, 2.45) is 0 Å². The number of methoxy groups -OCH3 is 3. The van der Waals surface area contributed by atoms with Gasteiger partial charge in [-0.15, -0.1) is 5.10 Å². The Bertz CT molecular complexity index is 1580. The third-order valence-corrected chi connectivity index (χ3v) is 7.14. The van der Waals surface area contributed by atoms with Gasteiger partial charge in [-0.05, 0) is 47.7 Å². The van der Waals surface area contributed by atoms with Crippen molar-refractivity contribution < 1.29 is 19.0 Å². The maximum atomic E-state index is 13.9. The molecule has 212 valence electrons. The molecule has 1 atom stereocenters. The van der Waals surface area contributed by atoms with Gasteiger partial charge < -0.3 is 24.8 Å². The number of rotatable bonds is 7. The second kappa shape index (κ2) is 11.0. The van der Waals surface area contributed by atoms with Crippen molar-refractivity contribution >= 4 is 17.5 Å². The summed E-state index contributed by atoms with van der Waals surface area (Å²) in [5.41, 5.74) is 4.67. The van der Waals surface area contributed by atoms with E-state index in [4.69, 9.17) is 24.3 Å². The van der Waals surface area contributed by atoms with Crippen molar-refractivity contribution in [1.29, 1.82) is 0 Å². The summed E-state index contributed by atoms with van der Waals surface area (Å²) >= 11 is 0. The molecule has 1 aliphatic rings. The van der Waals surface area contributed by atoms with Gasteiger partial charge in [0, 0.05) is 16.9 Å². The first kappa shape index (κ1) is 27.8. The first-order valence-electron chi connectivity index (χ1n) is 13.4. The van der Waals surface area contributed by atoms with Gasteiger partial charge >= 0.3 is 0 Å². The van der Waals surface area contributed by atoms with Crippen LogP contribution < -0.4 is 24.8 Å². The number of para-hydroxylation sites is 1. The molecule has 9 heteroatoms. The van der Waals surface area contributed by atoms with E-state index < -0.39 is 6.04 Å². The first-order chi connectivity index (χ1) is 19.6. The van der Waals surface area contributed by atoms with E-state index in [0.29, 0.717) is 46.0 Å². The summed E-state index contributed by atoms with van der Waals surface area (Å²) in [6.07, 6.45) is 0. The number of aromatic nitrogens is 3. The fourth-order valence-corrected chi connectivity index (χ4v) is 4.97. The smallest absolute Gasteiger partial charge is 0.255 e. The van der Waals surface area contributed by atoms with Crippen LogP contribution >= 0.6 is 0 Å². The van der Waals surface area contributed by atoms with Gasteiger partial charge in [0.15, 0.2) is 17.3 Å². The largest absolute Gasteiger partial charge is 0.493 e. The van der Waals surface area contributed by atoms with Crippen LogP contribution in [0.3, 0.4) is 0 Å². The van der Waals surface area contributed by atoms with Crippen molar-refractivity contribution in [1.82, 2.24) is 14.8 Å². The lowest BCUT2D eigenvalue weighted by atomic mass is 9.87. The van der Waals surface area contributed by atoms with Crippen molar-refractivity contribution in [3.63, 3.8) is 0 Å². The monoisotopic (exact) mass is 553 g/mol. The van der Waals surface area contributed by atoms with Gasteiger partial charge in [-0.3, -0.25) is 4.79 Å². The lowest BCUT2D eigenvalue weighted by Crippen LogP contribution is -2.31. The number of hydrogen-bond donors (Lipinski definition) is 2. The highest BCUT2D eigenvalue weighted by molar-refractivity contribution is 6.06. The van der Waals surface area contributed by atoms with Crippen LogP contribution in [-0.2, 0) is 10.2 Å². The summed E-state index contributed by atoms with van der Waals surface area (Å²) in [4.78, 5) is 18.7. The molecule has 0 aliphatic carbocycles. The quantitative estimate of drug-likeness (QED) is 0.281. The molecule has 1 unspecified atom stereocenters. The van der Waals surface area contributed by atoms with Crippen LogP contribution in [0.25, 0.3) is 11.4 Å². The van der Waals surface area contributed by atoms with Crippen molar-refractivity contribution in [3.05, 3.63) is 89.1 Å². The number of amides is 1. The van der Waals surface area contributed by atoms with Crippen molar-refractivity contribution in [2.45, 2.75) is 39.2 Å². The molecule has 9 nitrogen and oxygen atoms in total. The van der Waals surface area contributed by atoms with Gasteiger partial charge in [0.25, 0.3) is 5.91 Å². The van der Waals surface area contributed by atoms with E-state index in [9.17, 15) is 4.79 Å². The van der Waals surface area contributed by atoms with Gasteiger partial charge in [-0.1, -0.05) is 63.2 Å². The van der Waals surface area contributed by atoms with Crippen molar-refractivity contribution in [2.75, 3.05) is 32.0 Å². The maximum absolute atomic E-state index is 13.9. The van der Waals surface area contributed by atoms with E-state index in [-0.39, 0.29) is 11.3 Å². The van der Waals surface area contributed by atoms with E-state index in [2.05, 4.69) is 43.5 Å². The molecule has 0 radical (unpaired) electrons. The Labute approximate surface area is 240 Å². The topological polar surface area (TPSA) is 99.5 Å². The molecule has 2 N–H and O–H groups in total. The Kier molecular flexibility index (Phi) is 7.45. The van der Waals surface area contributed by atoms with E-state index in [1.807, 2.05) is 61.5 Å². The molecular weight excluding hydrogens is 518 g/mol. The second-order valence-corrected chi connectivity index (χ2v) is 10.9. The highest BCUT2D eigenvalue weighted by atomic mass is 16.5. The third-order valence-electron chi connectivity index (χ3n) is 7.14. The summed E-state index contributed by atoms with van der Waals surface area (Å²) in [7, 11) is 4.68. The van der Waals surface area contributed by atoms with Crippen LogP contribution in [0.15, 0.2) is 78.0 Å². The molecule has 1 amide bonds. The summed E-state index contributed by atoms with van der Waals surface area (Å²) in [6, 6.07) is 20.6. The molecule has 0 saturated heterocycles. The van der Waals surface area contributed by atoms with Crippen molar-refractivity contribution in [3.8, 4) is 28.6 Å². The second-order valence-electron chi connectivity index (χ2n) is 10.9. The molecular formula is C32H35N5O4. The molecule has 41 heavy (non-hydrogen) atoms. The Morgan fingerprint density at radius 3 is 2.12 bits per heavy atom. The van der Waals surface area contributed by atoms with E-state index in [1.165, 1.54) is 5.56 Å². The fraction of sp³-hybridized carbons (Fsp3) is 0.281. The minimum absolute atomic E-state index is 0.0283. The normalized spacial score (nSPS) is 14.7. The zero-order chi connectivity index (χ0) is 29.3. The minimum atomic E-state index is -0.640. The number of ether oxygens (including phenoxy) is 3. The summed E-state index contributed by atoms with van der Waals surface area (Å²) < 4.78 is 18.6. The van der Waals surface area contributed by atoms with Crippen LogP contribution in [0.1, 0.15) is 44.9 Å². The highest BCUT2D eigenvalue weighted by Crippen LogP contribution is 2.44. The van der Waals surface area contributed by atoms with Gasteiger partial charge in [0.1, 0.15) is 6.04 Å². The van der Waals surface area contributed by atoms with Crippen LogP contribution in [-0.4, -0.2) is 42.0 Å². The lowest BCUT2D eigenvalue weighted by Gasteiger charge is -2.29. The number of carbonyl (C=O) groups is 1.